The van der Waals surface area contributed by atoms with Crippen molar-refractivity contribution < 1.29 is 9.84 Å². The lowest BCUT2D eigenvalue weighted by atomic mass is 10.5. The van der Waals surface area contributed by atoms with Crippen LogP contribution in [0.25, 0.3) is 0 Å². The Morgan fingerprint density at radius 3 is 2.50 bits per heavy atom. The van der Waals surface area contributed by atoms with E-state index in [0.717, 1.165) is 6.42 Å². The number of aliphatic hydroxyl groups excluding tert-OH is 1. The summed E-state index contributed by atoms with van der Waals surface area (Å²) < 4.78 is 4.48. The maximum Gasteiger partial charge on any atom is 0.143 e. The molecule has 0 heterocycles. The summed E-state index contributed by atoms with van der Waals surface area (Å²) in [4.78, 5) is 0. The van der Waals surface area contributed by atoms with Gasteiger partial charge >= 0.3 is 0 Å². The molecule has 2 nitrogen and oxygen atoms in total. The van der Waals surface area contributed by atoms with Crippen molar-refractivity contribution in [3.8, 4) is 0 Å². The Morgan fingerprint density at radius 1 is 1.67 bits per heavy atom. The van der Waals surface area contributed by atoms with E-state index in [4.69, 9.17) is 5.11 Å². The summed E-state index contributed by atoms with van der Waals surface area (Å²) in [5, 5.41) is 7.95. The molecule has 1 radical (unpaired) electrons. The van der Waals surface area contributed by atoms with Crippen LogP contribution >= 0.6 is 0 Å². The molecule has 0 fully saturated rings. The fourth-order valence-corrected chi connectivity index (χ4v) is 0.167. The van der Waals surface area contributed by atoms with Gasteiger partial charge in [0.15, 0.2) is 0 Å². The summed E-state index contributed by atoms with van der Waals surface area (Å²) in [5.41, 5.74) is 0. The summed E-state index contributed by atoms with van der Waals surface area (Å²) in [6.07, 6.45) is 0.723. The van der Waals surface area contributed by atoms with Gasteiger partial charge in [-0.1, -0.05) is 6.92 Å². The molecule has 37 valence electrons. The molecule has 0 aromatic carbocycles. The van der Waals surface area contributed by atoms with Crippen molar-refractivity contribution in [2.45, 2.75) is 6.42 Å². The topological polar surface area (TPSA) is 29.5 Å². The largest absolute Gasteiger partial charge is 0.371 e. The first-order chi connectivity index (χ1) is 2.91. The first-order valence-corrected chi connectivity index (χ1v) is 1.89. The van der Waals surface area contributed by atoms with Crippen molar-refractivity contribution in [3.63, 3.8) is 0 Å². The van der Waals surface area contributed by atoms with Crippen molar-refractivity contribution >= 4 is 0 Å². The first kappa shape index (κ1) is 5.92. The Balaban J connectivity index is 2.34. The minimum atomic E-state index is -0.185. The number of aliphatic hydroxyl groups is 1. The van der Waals surface area contributed by atoms with E-state index < -0.39 is 0 Å². The third-order valence-electron chi connectivity index (χ3n) is 0.380. The van der Waals surface area contributed by atoms with Gasteiger partial charge in [-0.15, -0.1) is 0 Å². The second-order valence-corrected chi connectivity index (χ2v) is 0.891. The highest BCUT2D eigenvalue weighted by Crippen LogP contribution is 1.73. The van der Waals surface area contributed by atoms with E-state index in [1.807, 2.05) is 0 Å². The number of ether oxygens (including phenoxy) is 1. The van der Waals surface area contributed by atoms with E-state index in [-0.39, 0.29) is 6.79 Å². The van der Waals surface area contributed by atoms with Gasteiger partial charge in [0.2, 0.25) is 0 Å². The van der Waals surface area contributed by atoms with Gasteiger partial charge in [0.25, 0.3) is 0 Å². The van der Waals surface area contributed by atoms with Gasteiger partial charge in [0.05, 0.1) is 0 Å². The molecule has 0 unspecified atom stereocenters. The lowest BCUT2D eigenvalue weighted by Crippen LogP contribution is -1.91. The monoisotopic (exact) mass is 89.1 g/mol. The van der Waals surface area contributed by atoms with E-state index in [2.05, 4.69) is 11.7 Å². The molecular formula is C4H9O2. The smallest absolute Gasteiger partial charge is 0.143 e. The average molecular weight is 89.1 g/mol. The zero-order valence-electron chi connectivity index (χ0n) is 3.68. The van der Waals surface area contributed by atoms with Crippen LogP contribution in [0.2, 0.25) is 0 Å². The van der Waals surface area contributed by atoms with Crippen LogP contribution in [0.1, 0.15) is 6.42 Å². The molecule has 6 heavy (non-hydrogen) atoms. The van der Waals surface area contributed by atoms with Crippen LogP contribution < -0.4 is 0 Å². The molecule has 0 aromatic heterocycles. The molecule has 0 aliphatic rings. The molecule has 0 rings (SSSR count). The summed E-state index contributed by atoms with van der Waals surface area (Å²) in [6.45, 7) is 3.85. The molecule has 0 saturated heterocycles. The van der Waals surface area contributed by atoms with E-state index >= 15 is 0 Å². The lowest BCUT2D eigenvalue weighted by Gasteiger charge is -1.90. The maximum absolute atomic E-state index is 7.95. The molecule has 2 heteroatoms. The van der Waals surface area contributed by atoms with Gasteiger partial charge in [-0.3, -0.25) is 0 Å². The molecule has 0 spiro atoms. The quantitative estimate of drug-likeness (QED) is 0.394. The van der Waals surface area contributed by atoms with Crippen molar-refractivity contribution in [2.75, 3.05) is 13.4 Å². The van der Waals surface area contributed by atoms with E-state index in [1.165, 1.54) is 0 Å². The molecule has 0 saturated carbocycles. The molecule has 0 aliphatic carbocycles. The second-order valence-electron chi connectivity index (χ2n) is 0.891. The Hall–Kier alpha value is -0.0800. The number of hydrogen-bond donors (Lipinski definition) is 1. The van der Waals surface area contributed by atoms with Crippen LogP contribution in [0.3, 0.4) is 0 Å². The molecule has 0 aliphatic heterocycles. The highest BCUT2D eigenvalue weighted by atomic mass is 16.6. The standard InChI is InChI=1S/C4H9O2/c1-2-3-6-4-5/h5H,1-4H2. The molecule has 1 N–H and O–H groups in total. The molecule has 0 amide bonds. The fourth-order valence-electron chi connectivity index (χ4n) is 0.167. The normalized spacial score (nSPS) is 9.00. The molecular weight excluding hydrogens is 80.0 g/mol. The second kappa shape index (κ2) is 4.92. The number of rotatable bonds is 3. The zero-order chi connectivity index (χ0) is 4.83. The van der Waals surface area contributed by atoms with Crippen LogP contribution in [0, 0.1) is 6.92 Å². The van der Waals surface area contributed by atoms with Crippen molar-refractivity contribution in [3.05, 3.63) is 6.92 Å². The number of hydrogen-bond acceptors (Lipinski definition) is 2. The summed E-state index contributed by atoms with van der Waals surface area (Å²) in [6, 6.07) is 0. The Morgan fingerprint density at radius 2 is 2.33 bits per heavy atom. The molecule has 0 bridgehead atoms. The van der Waals surface area contributed by atoms with Crippen molar-refractivity contribution in [1.82, 2.24) is 0 Å². The summed E-state index contributed by atoms with van der Waals surface area (Å²) >= 11 is 0. The Bertz CT molecular complexity index is 17.5. The lowest BCUT2D eigenvalue weighted by molar-refractivity contribution is 0.000796. The Labute approximate surface area is 37.7 Å². The van der Waals surface area contributed by atoms with Gasteiger partial charge in [-0.2, -0.15) is 0 Å². The third-order valence-corrected chi connectivity index (χ3v) is 0.380. The van der Waals surface area contributed by atoms with Crippen molar-refractivity contribution in [2.24, 2.45) is 0 Å². The average Bonchev–Trinajstić information content (AvgIpc) is 1.61. The van der Waals surface area contributed by atoms with E-state index in [0.29, 0.717) is 6.61 Å². The predicted molar refractivity (Wildman–Crippen MR) is 23.0 cm³/mol. The predicted octanol–water partition coefficient (Wildman–Crippen LogP) is 0.177. The highest BCUT2D eigenvalue weighted by molar-refractivity contribution is 4.31. The third kappa shape index (κ3) is 3.92. The van der Waals surface area contributed by atoms with Gasteiger partial charge in [0, 0.05) is 6.61 Å². The zero-order valence-corrected chi connectivity index (χ0v) is 3.68. The first-order valence-electron chi connectivity index (χ1n) is 1.89. The summed E-state index contributed by atoms with van der Waals surface area (Å²) in [7, 11) is 0. The van der Waals surface area contributed by atoms with Crippen LogP contribution in [-0.4, -0.2) is 18.5 Å². The van der Waals surface area contributed by atoms with Gasteiger partial charge in [-0.25, -0.2) is 0 Å². The van der Waals surface area contributed by atoms with Crippen LogP contribution in [0.5, 0.6) is 0 Å². The maximum atomic E-state index is 7.95. The summed E-state index contributed by atoms with van der Waals surface area (Å²) in [5.74, 6) is 0. The minimum absolute atomic E-state index is 0.185. The molecule has 0 atom stereocenters. The van der Waals surface area contributed by atoms with Crippen LogP contribution in [0.15, 0.2) is 0 Å². The van der Waals surface area contributed by atoms with Crippen LogP contribution in [-0.2, 0) is 4.74 Å². The van der Waals surface area contributed by atoms with E-state index in [1.54, 1.807) is 0 Å². The molecule has 0 aromatic rings. The highest BCUT2D eigenvalue weighted by Gasteiger charge is 1.73. The van der Waals surface area contributed by atoms with Gasteiger partial charge < -0.3 is 9.84 Å². The van der Waals surface area contributed by atoms with Gasteiger partial charge in [-0.05, 0) is 6.42 Å². The minimum Gasteiger partial charge on any atom is -0.371 e. The SMILES string of the molecule is [CH2]CCOCO. The van der Waals surface area contributed by atoms with E-state index in [9.17, 15) is 0 Å². The van der Waals surface area contributed by atoms with Crippen LogP contribution in [0.4, 0.5) is 0 Å². The fraction of sp³-hybridized carbons (Fsp3) is 0.750. The van der Waals surface area contributed by atoms with Crippen molar-refractivity contribution in [1.29, 1.82) is 0 Å². The Kier molecular flexibility index (Phi) is 4.85. The van der Waals surface area contributed by atoms with Gasteiger partial charge in [0.1, 0.15) is 6.79 Å².